The zero-order chi connectivity index (χ0) is 31.1. The van der Waals surface area contributed by atoms with Crippen molar-refractivity contribution < 1.29 is 23.9 Å². The second-order valence-corrected chi connectivity index (χ2v) is 11.7. The van der Waals surface area contributed by atoms with Gasteiger partial charge in [0.25, 0.3) is 0 Å². The zero-order valence-corrected chi connectivity index (χ0v) is 25.6. The monoisotopic (exact) mass is 590 g/mol. The van der Waals surface area contributed by atoms with Gasteiger partial charge in [-0.15, -0.1) is 0 Å². The quantitative estimate of drug-likeness (QED) is 0.166. The molecular formula is C34H46N4O5. The second kappa shape index (κ2) is 17.1. The molecule has 3 rings (SSSR count). The molecule has 3 aromatic rings. The minimum atomic E-state index is -0.536. The molecule has 0 aliphatic carbocycles. The van der Waals surface area contributed by atoms with E-state index in [1.54, 1.807) is 0 Å². The Morgan fingerprint density at radius 2 is 1.37 bits per heavy atom. The number of fused-ring (bicyclic) bond motifs is 1. The summed E-state index contributed by atoms with van der Waals surface area (Å²) in [5.41, 5.74) is 8.46. The SMILES string of the molecule is CC(C)(C)OC(=O)NCCCN[C@@H](CCc1ccc2cc(CCCCNC(=O)OCc3ccccc3)ccc2c1)C(N)=O. The molecule has 0 radical (unpaired) electrons. The number of unbranched alkanes of at least 4 members (excludes halogenated alkanes) is 1. The Balaban J connectivity index is 1.35. The Labute approximate surface area is 254 Å². The molecule has 1 atom stereocenters. The molecule has 0 heterocycles. The maximum atomic E-state index is 12.0. The normalized spacial score (nSPS) is 12.0. The van der Waals surface area contributed by atoms with Gasteiger partial charge in [0.1, 0.15) is 12.2 Å². The van der Waals surface area contributed by atoms with Crippen molar-refractivity contribution in [2.75, 3.05) is 19.6 Å². The van der Waals surface area contributed by atoms with E-state index >= 15 is 0 Å². The van der Waals surface area contributed by atoms with E-state index in [1.807, 2.05) is 51.1 Å². The lowest BCUT2D eigenvalue weighted by molar-refractivity contribution is -0.120. The van der Waals surface area contributed by atoms with Crippen molar-refractivity contribution in [2.24, 2.45) is 5.73 Å². The predicted octanol–water partition coefficient (Wildman–Crippen LogP) is 5.38. The summed E-state index contributed by atoms with van der Waals surface area (Å²) >= 11 is 0. The molecule has 9 heteroatoms. The van der Waals surface area contributed by atoms with Crippen molar-refractivity contribution in [2.45, 2.75) is 77.5 Å². The van der Waals surface area contributed by atoms with Gasteiger partial charge in [-0.2, -0.15) is 0 Å². The Bertz CT molecular complexity index is 1320. The standard InChI is InChI=1S/C34H46N4O5/c1-34(2,3)43-33(41)38-21-9-20-36-30(31(35)39)18-15-26-14-17-28-22-25(13-16-29(28)23-26)10-7-8-19-37-32(40)42-24-27-11-5-4-6-12-27/h4-6,11-14,16-17,22-23,30,36H,7-10,15,18-21,24H2,1-3H3,(H2,35,39)(H,37,40)(H,38,41)/t30-/m0/s1. The number of nitrogens with one attached hydrogen (secondary N) is 3. The minimum absolute atomic E-state index is 0.269. The minimum Gasteiger partial charge on any atom is -0.445 e. The van der Waals surface area contributed by atoms with Crippen LogP contribution >= 0.6 is 0 Å². The van der Waals surface area contributed by atoms with E-state index in [1.165, 1.54) is 10.9 Å². The number of hydrogen-bond acceptors (Lipinski definition) is 6. The van der Waals surface area contributed by atoms with Crippen LogP contribution in [-0.2, 0) is 33.7 Å². The van der Waals surface area contributed by atoms with Gasteiger partial charge >= 0.3 is 12.2 Å². The Hall–Kier alpha value is -4.11. The van der Waals surface area contributed by atoms with E-state index in [-0.39, 0.29) is 12.5 Å². The van der Waals surface area contributed by atoms with Crippen LogP contribution in [0.3, 0.4) is 0 Å². The molecule has 0 bridgehead atoms. The Morgan fingerprint density at radius 3 is 2.02 bits per heavy atom. The molecule has 0 fully saturated rings. The summed E-state index contributed by atoms with van der Waals surface area (Å²) in [5, 5.41) is 11.1. The number of ether oxygens (including phenoxy) is 2. The van der Waals surface area contributed by atoms with Crippen LogP contribution in [0.15, 0.2) is 66.7 Å². The van der Waals surface area contributed by atoms with Gasteiger partial charge in [0.2, 0.25) is 5.91 Å². The number of primary amides is 1. The largest absolute Gasteiger partial charge is 0.445 e. The molecule has 0 saturated carbocycles. The number of amides is 3. The summed E-state index contributed by atoms with van der Waals surface area (Å²) in [7, 11) is 0. The molecule has 9 nitrogen and oxygen atoms in total. The van der Waals surface area contributed by atoms with Crippen LogP contribution in [0.25, 0.3) is 10.8 Å². The molecule has 3 amide bonds. The summed E-state index contributed by atoms with van der Waals surface area (Å²) in [6, 6.07) is 22.0. The maximum Gasteiger partial charge on any atom is 0.407 e. The van der Waals surface area contributed by atoms with Gasteiger partial charge < -0.3 is 31.2 Å². The van der Waals surface area contributed by atoms with Gasteiger partial charge in [-0.05, 0) is 93.3 Å². The molecular weight excluding hydrogens is 544 g/mol. The van der Waals surface area contributed by atoms with Crippen LogP contribution < -0.4 is 21.7 Å². The van der Waals surface area contributed by atoms with Crippen molar-refractivity contribution in [1.29, 1.82) is 0 Å². The van der Waals surface area contributed by atoms with Gasteiger partial charge in [0.15, 0.2) is 0 Å². The number of carbonyl (C=O) groups excluding carboxylic acids is 3. The molecule has 0 unspecified atom stereocenters. The molecule has 0 aliphatic rings. The third-order valence-electron chi connectivity index (χ3n) is 6.82. The molecule has 0 saturated heterocycles. The highest BCUT2D eigenvalue weighted by Crippen LogP contribution is 2.20. The van der Waals surface area contributed by atoms with Crippen LogP contribution in [0.1, 0.15) is 63.1 Å². The average Bonchev–Trinajstić information content (AvgIpc) is 2.96. The lowest BCUT2D eigenvalue weighted by Crippen LogP contribution is -2.42. The number of hydrogen-bond donors (Lipinski definition) is 4. The molecule has 0 aliphatic heterocycles. The first kappa shape index (κ1) is 33.4. The molecule has 5 N–H and O–H groups in total. The lowest BCUT2D eigenvalue weighted by Gasteiger charge is -2.20. The van der Waals surface area contributed by atoms with Crippen LogP contribution in [0, 0.1) is 0 Å². The number of rotatable bonds is 16. The number of aryl methyl sites for hydroxylation is 2. The summed E-state index contributed by atoms with van der Waals surface area (Å²) in [6.45, 7) is 7.30. The molecule has 43 heavy (non-hydrogen) atoms. The second-order valence-electron chi connectivity index (χ2n) is 11.7. The highest BCUT2D eigenvalue weighted by molar-refractivity contribution is 5.84. The van der Waals surface area contributed by atoms with Crippen LogP contribution in [0.4, 0.5) is 9.59 Å². The zero-order valence-electron chi connectivity index (χ0n) is 25.6. The first-order valence-electron chi connectivity index (χ1n) is 15.0. The summed E-state index contributed by atoms with van der Waals surface area (Å²) < 4.78 is 10.5. The van der Waals surface area contributed by atoms with E-state index < -0.39 is 23.8 Å². The first-order valence-corrected chi connectivity index (χ1v) is 15.0. The van der Waals surface area contributed by atoms with Crippen molar-refractivity contribution in [3.05, 3.63) is 83.4 Å². The fraction of sp³-hybridized carbons (Fsp3) is 0.441. The average molecular weight is 591 g/mol. The van der Waals surface area contributed by atoms with E-state index in [0.717, 1.165) is 42.2 Å². The van der Waals surface area contributed by atoms with Crippen molar-refractivity contribution in [1.82, 2.24) is 16.0 Å². The number of carbonyl (C=O) groups is 3. The smallest absolute Gasteiger partial charge is 0.407 e. The highest BCUT2D eigenvalue weighted by Gasteiger charge is 2.16. The fourth-order valence-electron chi connectivity index (χ4n) is 4.60. The lowest BCUT2D eigenvalue weighted by atomic mass is 9.98. The van der Waals surface area contributed by atoms with Crippen LogP contribution in [-0.4, -0.2) is 49.4 Å². The van der Waals surface area contributed by atoms with E-state index in [9.17, 15) is 14.4 Å². The third kappa shape index (κ3) is 13.2. The summed E-state index contributed by atoms with van der Waals surface area (Å²) in [6.07, 6.45) is 3.87. The number of benzene rings is 3. The molecule has 0 spiro atoms. The summed E-state index contributed by atoms with van der Waals surface area (Å²) in [4.78, 5) is 35.6. The summed E-state index contributed by atoms with van der Waals surface area (Å²) in [5.74, 6) is -0.384. The van der Waals surface area contributed by atoms with Gasteiger partial charge in [-0.3, -0.25) is 4.79 Å². The number of alkyl carbamates (subject to hydrolysis) is 2. The van der Waals surface area contributed by atoms with E-state index in [2.05, 4.69) is 52.3 Å². The third-order valence-corrected chi connectivity index (χ3v) is 6.82. The Morgan fingerprint density at radius 1 is 0.744 bits per heavy atom. The van der Waals surface area contributed by atoms with Crippen molar-refractivity contribution in [3.63, 3.8) is 0 Å². The van der Waals surface area contributed by atoms with Gasteiger partial charge in [-0.25, -0.2) is 9.59 Å². The van der Waals surface area contributed by atoms with Gasteiger partial charge in [-0.1, -0.05) is 66.7 Å². The molecule has 3 aromatic carbocycles. The maximum absolute atomic E-state index is 12.0. The molecule has 232 valence electrons. The topological polar surface area (TPSA) is 132 Å². The first-order chi connectivity index (χ1) is 20.6. The Kier molecular flexibility index (Phi) is 13.3. The van der Waals surface area contributed by atoms with Crippen molar-refractivity contribution in [3.8, 4) is 0 Å². The van der Waals surface area contributed by atoms with Gasteiger partial charge in [0, 0.05) is 13.1 Å². The fourth-order valence-corrected chi connectivity index (χ4v) is 4.60. The van der Waals surface area contributed by atoms with Gasteiger partial charge in [0.05, 0.1) is 6.04 Å². The van der Waals surface area contributed by atoms with E-state index in [0.29, 0.717) is 32.5 Å². The van der Waals surface area contributed by atoms with Crippen molar-refractivity contribution >= 4 is 28.9 Å². The highest BCUT2D eigenvalue weighted by atomic mass is 16.6. The van der Waals surface area contributed by atoms with Crippen LogP contribution in [0.2, 0.25) is 0 Å². The van der Waals surface area contributed by atoms with E-state index in [4.69, 9.17) is 15.2 Å². The molecule has 0 aromatic heterocycles. The van der Waals surface area contributed by atoms with Crippen LogP contribution in [0.5, 0.6) is 0 Å². The number of nitrogens with two attached hydrogens (primary N) is 1. The predicted molar refractivity (Wildman–Crippen MR) is 170 cm³/mol.